The largest absolute Gasteiger partial charge is 0.493 e. The predicted molar refractivity (Wildman–Crippen MR) is 107 cm³/mol. The molecule has 0 unspecified atom stereocenters. The quantitative estimate of drug-likeness (QED) is 0.594. The van der Waals surface area contributed by atoms with Crippen molar-refractivity contribution in [2.45, 2.75) is 20.0 Å². The summed E-state index contributed by atoms with van der Waals surface area (Å²) in [5.41, 5.74) is 3.34. The Bertz CT molecular complexity index is 1010. The van der Waals surface area contributed by atoms with Crippen LogP contribution in [0.2, 0.25) is 0 Å². The van der Waals surface area contributed by atoms with Crippen molar-refractivity contribution < 1.29 is 9.47 Å². The fourth-order valence-corrected chi connectivity index (χ4v) is 3.18. The van der Waals surface area contributed by atoms with Crippen molar-refractivity contribution in [3.8, 4) is 11.5 Å². The number of rotatable bonds is 7. The molecule has 0 radical (unpaired) electrons. The van der Waals surface area contributed by atoms with E-state index in [2.05, 4.69) is 32.7 Å². The van der Waals surface area contributed by atoms with Gasteiger partial charge in [0.15, 0.2) is 11.5 Å². The minimum atomic E-state index is -0.311. The molecule has 3 N–H and O–H groups in total. The standard InChI is InChI=1S/C20H24N4O3/c1-12-17-15(9-16(26-3)18(12)27-4)23-20(24-19(17)25)22-11-14-7-5-6-13(8-14)10-21-2/h5-9,21H,10-11H2,1-4H3,(H2,22,23,24,25). The van der Waals surface area contributed by atoms with Crippen molar-refractivity contribution >= 4 is 16.9 Å². The molecular weight excluding hydrogens is 344 g/mol. The Balaban J connectivity index is 1.92. The fourth-order valence-electron chi connectivity index (χ4n) is 3.18. The maximum absolute atomic E-state index is 12.6. The van der Waals surface area contributed by atoms with Gasteiger partial charge < -0.3 is 25.1 Å². The van der Waals surface area contributed by atoms with Gasteiger partial charge in [-0.15, -0.1) is 0 Å². The number of fused-ring (bicyclic) bond motifs is 1. The number of benzene rings is 2. The predicted octanol–water partition coefficient (Wildman–Crippen LogP) is 2.58. The average Bonchev–Trinajstić information content (AvgIpc) is 2.66. The SMILES string of the molecule is CNCc1cccc(CNc2nc(=O)c3c(C)c(OC)c(OC)cc3[nH]2)c1. The Morgan fingerprint density at radius 2 is 1.85 bits per heavy atom. The summed E-state index contributed by atoms with van der Waals surface area (Å²) >= 11 is 0. The Morgan fingerprint density at radius 1 is 1.11 bits per heavy atom. The van der Waals surface area contributed by atoms with E-state index in [1.807, 2.05) is 26.1 Å². The summed E-state index contributed by atoms with van der Waals surface area (Å²) in [6.07, 6.45) is 0. The molecule has 7 heteroatoms. The zero-order chi connectivity index (χ0) is 19.4. The van der Waals surface area contributed by atoms with Crippen LogP contribution in [0.4, 0.5) is 5.95 Å². The molecule has 3 rings (SSSR count). The highest BCUT2D eigenvalue weighted by molar-refractivity contribution is 5.86. The summed E-state index contributed by atoms with van der Waals surface area (Å²) in [5.74, 6) is 1.52. The monoisotopic (exact) mass is 368 g/mol. The van der Waals surface area contributed by atoms with Crippen LogP contribution in [0.25, 0.3) is 10.9 Å². The lowest BCUT2D eigenvalue weighted by Gasteiger charge is -2.14. The van der Waals surface area contributed by atoms with Crippen LogP contribution in [0, 0.1) is 6.92 Å². The molecule has 0 aliphatic heterocycles. The van der Waals surface area contributed by atoms with Gasteiger partial charge in [-0.1, -0.05) is 24.3 Å². The Hall–Kier alpha value is -3.06. The van der Waals surface area contributed by atoms with E-state index in [4.69, 9.17) is 9.47 Å². The Kier molecular flexibility index (Phi) is 5.61. The van der Waals surface area contributed by atoms with E-state index in [0.717, 1.165) is 12.1 Å². The molecule has 0 aliphatic carbocycles. The number of aryl methyl sites for hydroxylation is 1. The number of nitrogens with zero attached hydrogens (tertiary/aromatic N) is 1. The number of nitrogens with one attached hydrogen (secondary N) is 3. The van der Waals surface area contributed by atoms with E-state index in [9.17, 15) is 4.79 Å². The van der Waals surface area contributed by atoms with E-state index >= 15 is 0 Å². The second kappa shape index (κ2) is 8.09. The molecule has 0 amide bonds. The summed E-state index contributed by atoms with van der Waals surface area (Å²) in [4.78, 5) is 19.9. The number of aromatic amines is 1. The fraction of sp³-hybridized carbons (Fsp3) is 0.300. The van der Waals surface area contributed by atoms with Crippen molar-refractivity contribution in [3.05, 3.63) is 57.4 Å². The summed E-state index contributed by atoms with van der Waals surface area (Å²) in [6.45, 7) is 3.18. The molecule has 0 fully saturated rings. The van der Waals surface area contributed by atoms with Gasteiger partial charge in [0, 0.05) is 24.7 Å². The summed E-state index contributed by atoms with van der Waals surface area (Å²) in [6, 6.07) is 9.98. The Morgan fingerprint density at radius 3 is 2.52 bits per heavy atom. The van der Waals surface area contributed by atoms with Crippen LogP contribution in [0.15, 0.2) is 35.1 Å². The molecule has 0 saturated carbocycles. The van der Waals surface area contributed by atoms with Gasteiger partial charge in [0.1, 0.15) is 0 Å². The van der Waals surface area contributed by atoms with Crippen molar-refractivity contribution in [2.24, 2.45) is 0 Å². The highest BCUT2D eigenvalue weighted by Crippen LogP contribution is 2.34. The molecule has 142 valence electrons. The first kappa shape index (κ1) is 18.7. The number of ether oxygens (including phenoxy) is 2. The molecule has 0 spiro atoms. The number of hydrogen-bond acceptors (Lipinski definition) is 6. The second-order valence-electron chi connectivity index (χ2n) is 6.25. The molecule has 27 heavy (non-hydrogen) atoms. The van der Waals surface area contributed by atoms with E-state index in [1.165, 1.54) is 5.56 Å². The lowest BCUT2D eigenvalue weighted by atomic mass is 10.1. The lowest BCUT2D eigenvalue weighted by Crippen LogP contribution is -2.15. The van der Waals surface area contributed by atoms with Crippen LogP contribution in [0.5, 0.6) is 11.5 Å². The highest BCUT2D eigenvalue weighted by atomic mass is 16.5. The molecule has 7 nitrogen and oxygen atoms in total. The van der Waals surface area contributed by atoms with Crippen molar-refractivity contribution in [3.63, 3.8) is 0 Å². The van der Waals surface area contributed by atoms with E-state index in [-0.39, 0.29) is 5.56 Å². The zero-order valence-electron chi connectivity index (χ0n) is 16.0. The third-order valence-electron chi connectivity index (χ3n) is 4.42. The third-order valence-corrected chi connectivity index (χ3v) is 4.42. The van der Waals surface area contributed by atoms with E-state index in [0.29, 0.717) is 40.5 Å². The first-order chi connectivity index (χ1) is 13.1. The maximum atomic E-state index is 12.6. The van der Waals surface area contributed by atoms with Gasteiger partial charge in [-0.3, -0.25) is 4.79 Å². The smallest absolute Gasteiger partial charge is 0.282 e. The van der Waals surface area contributed by atoms with Crippen molar-refractivity contribution in [1.82, 2.24) is 15.3 Å². The summed E-state index contributed by atoms with van der Waals surface area (Å²) in [5, 5.41) is 6.82. The minimum absolute atomic E-state index is 0.311. The molecule has 0 saturated heterocycles. The maximum Gasteiger partial charge on any atom is 0.282 e. The first-order valence-electron chi connectivity index (χ1n) is 8.69. The summed E-state index contributed by atoms with van der Waals surface area (Å²) in [7, 11) is 5.04. The normalized spacial score (nSPS) is 10.8. The van der Waals surface area contributed by atoms with Gasteiger partial charge in [0.25, 0.3) is 5.56 Å². The molecule has 1 heterocycles. The number of aromatic nitrogens is 2. The van der Waals surface area contributed by atoms with Crippen LogP contribution in [0.3, 0.4) is 0 Å². The van der Waals surface area contributed by atoms with Gasteiger partial charge >= 0.3 is 0 Å². The van der Waals surface area contributed by atoms with Gasteiger partial charge in [0.2, 0.25) is 5.95 Å². The zero-order valence-corrected chi connectivity index (χ0v) is 16.0. The molecule has 2 aromatic carbocycles. The number of anilines is 1. The summed E-state index contributed by atoms with van der Waals surface area (Å²) < 4.78 is 10.7. The van der Waals surface area contributed by atoms with E-state index in [1.54, 1.807) is 20.3 Å². The highest BCUT2D eigenvalue weighted by Gasteiger charge is 2.15. The minimum Gasteiger partial charge on any atom is -0.493 e. The lowest BCUT2D eigenvalue weighted by molar-refractivity contribution is 0.354. The van der Waals surface area contributed by atoms with E-state index < -0.39 is 0 Å². The number of H-pyrrole nitrogens is 1. The molecule has 0 aliphatic rings. The van der Waals surface area contributed by atoms with Crippen LogP contribution >= 0.6 is 0 Å². The van der Waals surface area contributed by atoms with Gasteiger partial charge in [-0.05, 0) is 25.1 Å². The van der Waals surface area contributed by atoms with Crippen LogP contribution in [-0.2, 0) is 13.1 Å². The second-order valence-corrected chi connectivity index (χ2v) is 6.25. The molecule has 1 aromatic heterocycles. The molecular formula is C20H24N4O3. The molecule has 3 aromatic rings. The van der Waals surface area contributed by atoms with Gasteiger partial charge in [0.05, 0.1) is 25.1 Å². The van der Waals surface area contributed by atoms with Crippen LogP contribution in [-0.4, -0.2) is 31.2 Å². The van der Waals surface area contributed by atoms with Gasteiger partial charge in [-0.2, -0.15) is 4.98 Å². The first-order valence-corrected chi connectivity index (χ1v) is 8.69. The number of hydrogen-bond donors (Lipinski definition) is 3. The average molecular weight is 368 g/mol. The molecule has 0 bridgehead atoms. The van der Waals surface area contributed by atoms with Crippen molar-refractivity contribution in [1.29, 1.82) is 0 Å². The van der Waals surface area contributed by atoms with Crippen molar-refractivity contribution in [2.75, 3.05) is 26.6 Å². The van der Waals surface area contributed by atoms with Crippen LogP contribution < -0.4 is 25.7 Å². The van der Waals surface area contributed by atoms with Crippen LogP contribution in [0.1, 0.15) is 16.7 Å². The topological polar surface area (TPSA) is 88.3 Å². The van der Waals surface area contributed by atoms with Gasteiger partial charge in [-0.25, -0.2) is 0 Å². The third kappa shape index (κ3) is 3.88. The molecule has 0 atom stereocenters. The Labute approximate surface area is 157 Å². The number of methoxy groups -OCH3 is 2.